The second-order valence-electron chi connectivity index (χ2n) is 5.51. The molecule has 88 valence electrons. The summed E-state index contributed by atoms with van der Waals surface area (Å²) in [5, 5.41) is 7.29. The van der Waals surface area contributed by atoms with Gasteiger partial charge in [0.2, 0.25) is 0 Å². The molecule has 0 radical (unpaired) electrons. The Labute approximate surface area is 101 Å². The van der Waals surface area contributed by atoms with Crippen LogP contribution in [0.4, 0.5) is 5.82 Å². The van der Waals surface area contributed by atoms with Gasteiger partial charge in [0, 0.05) is 17.2 Å². The lowest BCUT2D eigenvalue weighted by atomic mass is 10.00. The highest BCUT2D eigenvalue weighted by atomic mass is 15.2. The largest absolute Gasteiger partial charge is 0.382 e. The van der Waals surface area contributed by atoms with Gasteiger partial charge in [0.15, 0.2) is 5.82 Å². The van der Waals surface area contributed by atoms with E-state index in [4.69, 9.17) is 5.73 Å². The maximum Gasteiger partial charge on any atom is 0.153 e. The second kappa shape index (κ2) is 3.36. The Morgan fingerprint density at radius 1 is 1.29 bits per heavy atom. The Hall–Kier alpha value is -1.77. The number of H-pyrrole nitrogens is 1. The van der Waals surface area contributed by atoms with E-state index in [-0.39, 0.29) is 0 Å². The molecule has 0 aliphatic heterocycles. The lowest BCUT2D eigenvalue weighted by molar-refractivity contribution is 0.615. The van der Waals surface area contributed by atoms with Gasteiger partial charge in [-0.2, -0.15) is 5.10 Å². The van der Waals surface area contributed by atoms with Crippen molar-refractivity contribution < 1.29 is 0 Å². The molecule has 2 aromatic rings. The summed E-state index contributed by atoms with van der Waals surface area (Å²) in [6.07, 6.45) is 1.20. The third-order valence-corrected chi connectivity index (χ3v) is 3.75. The first-order valence-electron chi connectivity index (χ1n) is 5.99. The quantitative estimate of drug-likeness (QED) is 0.828. The number of aromatic nitrogens is 2. The Bertz CT molecular complexity index is 540. The van der Waals surface area contributed by atoms with Crippen LogP contribution in [0.15, 0.2) is 30.3 Å². The molecular formula is C14H17N3. The van der Waals surface area contributed by atoms with E-state index in [1.165, 1.54) is 12.1 Å². The normalized spacial score (nSPS) is 21.4. The van der Waals surface area contributed by atoms with Crippen LogP contribution in [0.1, 0.15) is 31.9 Å². The minimum absolute atomic E-state index is 0.377. The molecule has 0 bridgehead atoms. The monoisotopic (exact) mass is 227 g/mol. The first kappa shape index (κ1) is 10.4. The summed E-state index contributed by atoms with van der Waals surface area (Å²) in [6.45, 7) is 4.56. The molecule has 1 heterocycles. The highest BCUT2D eigenvalue weighted by Crippen LogP contribution is 2.60. The van der Waals surface area contributed by atoms with Crippen molar-refractivity contribution in [2.75, 3.05) is 5.73 Å². The van der Waals surface area contributed by atoms with Gasteiger partial charge < -0.3 is 5.73 Å². The fourth-order valence-electron chi connectivity index (χ4n) is 2.49. The summed E-state index contributed by atoms with van der Waals surface area (Å²) in [7, 11) is 0. The number of aromatic amines is 1. The summed E-state index contributed by atoms with van der Waals surface area (Å²) in [6, 6.07) is 10.2. The van der Waals surface area contributed by atoms with E-state index < -0.39 is 0 Å². The Kier molecular flexibility index (Phi) is 2.05. The first-order chi connectivity index (χ1) is 8.09. The summed E-state index contributed by atoms with van der Waals surface area (Å²) >= 11 is 0. The van der Waals surface area contributed by atoms with E-state index in [1.807, 2.05) is 18.2 Å². The number of benzene rings is 1. The molecule has 1 aromatic carbocycles. The number of nitrogens with two attached hydrogens (primary N) is 1. The number of nitrogens with zero attached hydrogens (tertiary/aromatic N) is 1. The average molecular weight is 227 g/mol. The predicted octanol–water partition coefficient (Wildman–Crippen LogP) is 3.17. The van der Waals surface area contributed by atoms with Crippen molar-refractivity contribution in [1.29, 1.82) is 0 Å². The molecular weight excluding hydrogens is 210 g/mol. The van der Waals surface area contributed by atoms with Gasteiger partial charge in [-0.15, -0.1) is 0 Å². The highest BCUT2D eigenvalue weighted by Gasteiger charge is 2.48. The molecule has 3 nitrogen and oxygen atoms in total. The molecule has 3 rings (SSSR count). The topological polar surface area (TPSA) is 54.7 Å². The molecule has 1 unspecified atom stereocenters. The molecule has 1 atom stereocenters. The van der Waals surface area contributed by atoms with Crippen LogP contribution in [0.2, 0.25) is 0 Å². The van der Waals surface area contributed by atoms with Gasteiger partial charge in [0.05, 0.1) is 0 Å². The predicted molar refractivity (Wildman–Crippen MR) is 69.6 cm³/mol. The number of nitrogen functional groups attached to an aromatic ring is 1. The number of anilines is 1. The van der Waals surface area contributed by atoms with Gasteiger partial charge in [-0.1, -0.05) is 44.2 Å². The van der Waals surface area contributed by atoms with Crippen LogP contribution in [-0.4, -0.2) is 10.2 Å². The zero-order valence-electron chi connectivity index (χ0n) is 10.2. The molecule has 0 saturated heterocycles. The fraction of sp³-hybridized carbons (Fsp3) is 0.357. The van der Waals surface area contributed by atoms with Crippen molar-refractivity contribution in [2.24, 2.45) is 5.41 Å². The van der Waals surface area contributed by atoms with E-state index in [0.717, 1.165) is 11.1 Å². The lowest BCUT2D eigenvalue weighted by Crippen LogP contribution is -1.93. The van der Waals surface area contributed by atoms with E-state index in [0.29, 0.717) is 17.2 Å². The highest BCUT2D eigenvalue weighted by molar-refractivity contribution is 5.77. The Balaban J connectivity index is 2.08. The molecule has 1 aromatic heterocycles. The summed E-state index contributed by atoms with van der Waals surface area (Å²) < 4.78 is 0. The van der Waals surface area contributed by atoms with Crippen LogP contribution in [0, 0.1) is 5.41 Å². The maximum absolute atomic E-state index is 5.99. The van der Waals surface area contributed by atoms with Crippen molar-refractivity contribution in [3.05, 3.63) is 36.0 Å². The third-order valence-electron chi connectivity index (χ3n) is 3.75. The number of hydrogen-bond donors (Lipinski definition) is 2. The minimum Gasteiger partial charge on any atom is -0.382 e. The van der Waals surface area contributed by atoms with Gasteiger partial charge in [0.25, 0.3) is 0 Å². The lowest BCUT2D eigenvalue weighted by Gasteiger charge is -2.05. The minimum atomic E-state index is 0.377. The van der Waals surface area contributed by atoms with Crippen LogP contribution in [0.25, 0.3) is 11.1 Å². The molecule has 3 N–H and O–H groups in total. The number of hydrogen-bond acceptors (Lipinski definition) is 2. The fourth-order valence-corrected chi connectivity index (χ4v) is 2.49. The standard InChI is InChI=1S/C14H17N3/c1-14(2)8-10(14)12-11(13(15)17-16-12)9-6-4-3-5-7-9/h3-7,10H,8H2,1-2H3,(H3,15,16,17). The average Bonchev–Trinajstić information content (AvgIpc) is 2.78. The SMILES string of the molecule is CC1(C)CC1c1[nH]nc(N)c1-c1ccccc1. The molecule has 1 aliphatic rings. The van der Waals surface area contributed by atoms with Crippen LogP contribution in [0.5, 0.6) is 0 Å². The van der Waals surface area contributed by atoms with E-state index >= 15 is 0 Å². The van der Waals surface area contributed by atoms with Gasteiger partial charge >= 0.3 is 0 Å². The zero-order chi connectivity index (χ0) is 12.0. The van der Waals surface area contributed by atoms with Crippen molar-refractivity contribution >= 4 is 5.82 Å². The van der Waals surface area contributed by atoms with E-state index in [9.17, 15) is 0 Å². The molecule has 1 fully saturated rings. The van der Waals surface area contributed by atoms with E-state index in [2.05, 4.69) is 36.2 Å². The Morgan fingerprint density at radius 2 is 1.94 bits per heavy atom. The van der Waals surface area contributed by atoms with Crippen molar-refractivity contribution in [3.8, 4) is 11.1 Å². The maximum atomic E-state index is 5.99. The number of rotatable bonds is 2. The molecule has 0 amide bonds. The molecule has 17 heavy (non-hydrogen) atoms. The zero-order valence-corrected chi connectivity index (χ0v) is 10.2. The molecule has 1 aliphatic carbocycles. The van der Waals surface area contributed by atoms with Gasteiger partial charge in [-0.05, 0) is 17.4 Å². The van der Waals surface area contributed by atoms with Gasteiger partial charge in [-0.25, -0.2) is 0 Å². The smallest absolute Gasteiger partial charge is 0.153 e. The summed E-state index contributed by atoms with van der Waals surface area (Å²) in [4.78, 5) is 0. The summed E-state index contributed by atoms with van der Waals surface area (Å²) in [5.41, 5.74) is 9.79. The third kappa shape index (κ3) is 1.62. The van der Waals surface area contributed by atoms with Crippen LogP contribution in [0.3, 0.4) is 0 Å². The van der Waals surface area contributed by atoms with Gasteiger partial charge in [0.1, 0.15) is 0 Å². The van der Waals surface area contributed by atoms with Crippen LogP contribution >= 0.6 is 0 Å². The van der Waals surface area contributed by atoms with Crippen LogP contribution < -0.4 is 5.73 Å². The summed E-state index contributed by atoms with van der Waals surface area (Å²) in [5.74, 6) is 1.16. The molecule has 1 saturated carbocycles. The second-order valence-corrected chi connectivity index (χ2v) is 5.51. The Morgan fingerprint density at radius 3 is 2.53 bits per heavy atom. The van der Waals surface area contributed by atoms with Crippen molar-refractivity contribution in [3.63, 3.8) is 0 Å². The van der Waals surface area contributed by atoms with Crippen molar-refractivity contribution in [1.82, 2.24) is 10.2 Å². The van der Waals surface area contributed by atoms with Gasteiger partial charge in [-0.3, -0.25) is 5.10 Å². The van der Waals surface area contributed by atoms with Crippen LogP contribution in [-0.2, 0) is 0 Å². The van der Waals surface area contributed by atoms with Crippen molar-refractivity contribution in [2.45, 2.75) is 26.2 Å². The molecule has 0 spiro atoms. The number of nitrogens with one attached hydrogen (secondary N) is 1. The molecule has 3 heteroatoms. The van der Waals surface area contributed by atoms with E-state index in [1.54, 1.807) is 0 Å². The first-order valence-corrected chi connectivity index (χ1v) is 5.99.